The smallest absolute Gasteiger partial charge is 0.410 e. The van der Waals surface area contributed by atoms with Gasteiger partial charge in [0.15, 0.2) is 0 Å². The zero-order valence-electron chi connectivity index (χ0n) is 25.0. The van der Waals surface area contributed by atoms with Crippen LogP contribution in [-0.2, 0) is 10.3 Å². The Kier molecular flexibility index (Phi) is 5.88. The Balaban J connectivity index is 1.09. The van der Waals surface area contributed by atoms with Crippen molar-refractivity contribution in [2.24, 2.45) is 11.8 Å². The highest BCUT2D eigenvalue weighted by atomic mass is 16.6. The third kappa shape index (κ3) is 4.30. The molecule has 42 heavy (non-hydrogen) atoms. The van der Waals surface area contributed by atoms with E-state index in [1.165, 1.54) is 0 Å². The van der Waals surface area contributed by atoms with Gasteiger partial charge in [-0.1, -0.05) is 24.3 Å². The highest BCUT2D eigenvalue weighted by molar-refractivity contribution is 6.25. The number of nitrogens with one attached hydrogen (secondary N) is 1. The first-order valence-corrected chi connectivity index (χ1v) is 14.9. The number of amides is 3. The predicted molar refractivity (Wildman–Crippen MR) is 163 cm³/mol. The first-order chi connectivity index (χ1) is 19.9. The molecule has 2 saturated heterocycles. The third-order valence-corrected chi connectivity index (χ3v) is 9.50. The first kappa shape index (κ1) is 26.8. The molecular weight excluding hydrogens is 528 g/mol. The van der Waals surface area contributed by atoms with Crippen LogP contribution in [0.1, 0.15) is 65.5 Å². The van der Waals surface area contributed by atoms with Gasteiger partial charge in [-0.15, -0.1) is 0 Å². The van der Waals surface area contributed by atoms with Gasteiger partial charge in [-0.05, 0) is 81.3 Å². The number of anilines is 2. The van der Waals surface area contributed by atoms with Gasteiger partial charge in [-0.2, -0.15) is 0 Å². The van der Waals surface area contributed by atoms with E-state index in [-0.39, 0.29) is 17.9 Å². The zero-order chi connectivity index (χ0) is 29.6. The van der Waals surface area contributed by atoms with Gasteiger partial charge in [0, 0.05) is 67.3 Å². The molecule has 218 valence electrons. The van der Waals surface area contributed by atoms with Gasteiger partial charge in [-0.25, -0.2) is 4.79 Å². The van der Waals surface area contributed by atoms with Crippen LogP contribution in [0.15, 0.2) is 48.5 Å². The van der Waals surface area contributed by atoms with Crippen LogP contribution in [0, 0.1) is 18.8 Å². The van der Waals surface area contributed by atoms with Crippen molar-refractivity contribution >= 4 is 40.1 Å². The summed E-state index contributed by atoms with van der Waals surface area (Å²) in [7, 11) is 1.81. The predicted octanol–water partition coefficient (Wildman–Crippen LogP) is 5.46. The fourth-order valence-corrected chi connectivity index (χ4v) is 7.16. The number of nitrogens with zero attached hydrogens (tertiary/aromatic N) is 3. The molecule has 0 aromatic heterocycles. The molecule has 7 rings (SSSR count). The van der Waals surface area contributed by atoms with E-state index in [4.69, 9.17) is 4.74 Å². The number of ether oxygens (including phenoxy) is 1. The van der Waals surface area contributed by atoms with Crippen LogP contribution in [-0.4, -0.2) is 61.6 Å². The molecule has 0 spiro atoms. The van der Waals surface area contributed by atoms with Crippen molar-refractivity contribution in [1.82, 2.24) is 10.2 Å². The summed E-state index contributed by atoms with van der Waals surface area (Å²) < 4.78 is 5.59. The molecule has 3 aliphatic heterocycles. The van der Waals surface area contributed by atoms with E-state index in [2.05, 4.69) is 28.4 Å². The van der Waals surface area contributed by atoms with Gasteiger partial charge < -0.3 is 24.8 Å². The number of carbonyl (C=O) groups excluding carboxylic acids is 3. The molecule has 0 bridgehead atoms. The quantitative estimate of drug-likeness (QED) is 0.454. The number of likely N-dealkylation sites (tertiary alicyclic amines) is 1. The number of rotatable bonds is 4. The van der Waals surface area contributed by atoms with Crippen molar-refractivity contribution in [2.75, 3.05) is 43.0 Å². The second kappa shape index (κ2) is 9.21. The third-order valence-electron chi connectivity index (χ3n) is 9.50. The van der Waals surface area contributed by atoms with E-state index in [0.717, 1.165) is 64.8 Å². The number of hydrogen-bond donors (Lipinski definition) is 1. The van der Waals surface area contributed by atoms with Crippen LogP contribution in [0.5, 0.6) is 0 Å². The molecule has 1 aliphatic carbocycles. The molecule has 1 N–H and O–H groups in total. The number of fused-ring (bicyclic) bond motifs is 1. The van der Waals surface area contributed by atoms with E-state index in [1.54, 1.807) is 4.90 Å². The lowest BCUT2D eigenvalue weighted by molar-refractivity contribution is 0.0282. The van der Waals surface area contributed by atoms with Crippen molar-refractivity contribution in [2.45, 2.75) is 51.7 Å². The Morgan fingerprint density at radius 3 is 2.36 bits per heavy atom. The number of hydrogen-bond acceptors (Lipinski definition) is 5. The topological polar surface area (TPSA) is 82.2 Å². The highest BCUT2D eigenvalue weighted by Gasteiger charge is 2.48. The summed E-state index contributed by atoms with van der Waals surface area (Å²) in [5.41, 5.74) is 4.46. The van der Waals surface area contributed by atoms with Crippen LogP contribution in [0.3, 0.4) is 0 Å². The molecule has 3 amide bonds. The molecule has 1 saturated carbocycles. The average molecular weight is 567 g/mol. The standard InChI is InChI=1S/C34H38N4O4/c1-20-9-10-23(37-16-21-18-38(19-22(21)17-37)32(41)42-33(2,3)4)15-26(20)30(39)35-34(13-14-34)27-11-12-28-29-24(27)7-6-8-25(29)31(40)36(28)5/h6-12,15,21-22H,13-14,16-19H2,1-5H3,(H,35,39). The van der Waals surface area contributed by atoms with E-state index in [9.17, 15) is 14.4 Å². The van der Waals surface area contributed by atoms with E-state index in [0.29, 0.717) is 30.5 Å². The van der Waals surface area contributed by atoms with E-state index >= 15 is 0 Å². The van der Waals surface area contributed by atoms with Crippen molar-refractivity contribution in [3.05, 3.63) is 70.8 Å². The van der Waals surface area contributed by atoms with Gasteiger partial charge in [0.25, 0.3) is 11.8 Å². The molecule has 8 nitrogen and oxygen atoms in total. The van der Waals surface area contributed by atoms with Gasteiger partial charge in [0.05, 0.1) is 11.2 Å². The van der Waals surface area contributed by atoms with Crippen LogP contribution < -0.4 is 15.1 Å². The molecule has 3 aromatic rings. The molecule has 0 radical (unpaired) electrons. The van der Waals surface area contributed by atoms with E-state index < -0.39 is 11.1 Å². The monoisotopic (exact) mass is 566 g/mol. The minimum Gasteiger partial charge on any atom is -0.444 e. The molecule has 2 atom stereocenters. The average Bonchev–Trinajstić information content (AvgIpc) is 3.31. The fourth-order valence-electron chi connectivity index (χ4n) is 7.16. The minimum atomic E-state index is -0.497. The second-order valence-corrected chi connectivity index (χ2v) is 13.6. The van der Waals surface area contributed by atoms with Gasteiger partial charge in [0.1, 0.15) is 5.60 Å². The van der Waals surface area contributed by atoms with Crippen LogP contribution >= 0.6 is 0 Å². The lowest BCUT2D eigenvalue weighted by Gasteiger charge is -2.27. The van der Waals surface area contributed by atoms with Crippen molar-refractivity contribution in [3.8, 4) is 0 Å². The Labute approximate surface area is 246 Å². The largest absolute Gasteiger partial charge is 0.444 e. The SMILES string of the molecule is Cc1ccc(N2CC3CN(C(=O)OC(C)(C)C)CC3C2)cc1C(=O)NC1(c2ccc3c4c(cccc24)C(=O)N3C)CC1. The lowest BCUT2D eigenvalue weighted by atomic mass is 9.94. The van der Waals surface area contributed by atoms with E-state index in [1.807, 2.05) is 70.0 Å². The maximum absolute atomic E-state index is 13.8. The van der Waals surface area contributed by atoms with Crippen molar-refractivity contribution < 1.29 is 19.1 Å². The summed E-state index contributed by atoms with van der Waals surface area (Å²) in [5.74, 6) is 0.720. The maximum Gasteiger partial charge on any atom is 0.410 e. The Morgan fingerprint density at radius 1 is 0.976 bits per heavy atom. The Morgan fingerprint density at radius 2 is 1.69 bits per heavy atom. The summed E-state index contributed by atoms with van der Waals surface area (Å²) >= 11 is 0. The fraction of sp³-hybridized carbons (Fsp3) is 0.441. The summed E-state index contributed by atoms with van der Waals surface area (Å²) in [6.45, 7) is 10.8. The van der Waals surface area contributed by atoms with Crippen LogP contribution in [0.4, 0.5) is 16.2 Å². The normalized spacial score (nSPS) is 22.1. The molecule has 3 heterocycles. The Bertz CT molecular complexity index is 1640. The van der Waals surface area contributed by atoms with Gasteiger partial charge in [-0.3, -0.25) is 9.59 Å². The molecule has 3 aromatic carbocycles. The molecule has 2 unspecified atom stereocenters. The first-order valence-electron chi connectivity index (χ1n) is 14.9. The highest BCUT2D eigenvalue weighted by Crippen LogP contribution is 2.51. The second-order valence-electron chi connectivity index (χ2n) is 13.6. The minimum absolute atomic E-state index is 0.0117. The molecular formula is C34H38N4O4. The molecule has 8 heteroatoms. The van der Waals surface area contributed by atoms with Crippen LogP contribution in [0.2, 0.25) is 0 Å². The summed E-state index contributed by atoms with van der Waals surface area (Å²) in [5, 5.41) is 5.41. The summed E-state index contributed by atoms with van der Waals surface area (Å²) in [6.07, 6.45) is 1.50. The maximum atomic E-state index is 13.8. The van der Waals surface area contributed by atoms with Crippen molar-refractivity contribution in [3.63, 3.8) is 0 Å². The Hall–Kier alpha value is -4.07. The number of benzene rings is 3. The van der Waals surface area contributed by atoms with Gasteiger partial charge >= 0.3 is 6.09 Å². The molecule has 4 aliphatic rings. The van der Waals surface area contributed by atoms with Gasteiger partial charge in [0.2, 0.25) is 0 Å². The number of aryl methyl sites for hydroxylation is 1. The lowest BCUT2D eigenvalue weighted by Crippen LogP contribution is -2.37. The number of carbonyl (C=O) groups is 3. The molecule has 3 fully saturated rings. The van der Waals surface area contributed by atoms with Crippen molar-refractivity contribution in [1.29, 1.82) is 0 Å². The summed E-state index contributed by atoms with van der Waals surface area (Å²) in [4.78, 5) is 45.1. The van der Waals surface area contributed by atoms with Crippen LogP contribution in [0.25, 0.3) is 10.8 Å². The zero-order valence-corrected chi connectivity index (χ0v) is 25.0. The summed E-state index contributed by atoms with van der Waals surface area (Å²) in [6, 6.07) is 16.1.